The molecule has 3 nitrogen and oxygen atoms in total. The lowest BCUT2D eigenvalue weighted by Crippen LogP contribution is -2.17. The van der Waals surface area contributed by atoms with Gasteiger partial charge in [-0.05, 0) is 19.1 Å². The standard InChI is InChI=1S/C9H10BF2NO2/c1-6-2-3-9(15-10(11)12)7(4-6)8(14)5-13/h2-4H,5,13H2,1H3. The fourth-order valence-corrected chi connectivity index (χ4v) is 1.17. The molecule has 15 heavy (non-hydrogen) atoms. The van der Waals surface area contributed by atoms with Gasteiger partial charge in [0.1, 0.15) is 5.75 Å². The molecule has 0 unspecified atom stereocenters. The average molecular weight is 213 g/mol. The maximum atomic E-state index is 12.0. The van der Waals surface area contributed by atoms with Crippen molar-refractivity contribution in [3.8, 4) is 5.75 Å². The summed E-state index contributed by atoms with van der Waals surface area (Å²) in [6.07, 6.45) is 0. The molecule has 1 aromatic rings. The molecule has 2 N–H and O–H groups in total. The summed E-state index contributed by atoms with van der Waals surface area (Å²) in [4.78, 5) is 11.3. The van der Waals surface area contributed by atoms with Crippen molar-refractivity contribution in [3.05, 3.63) is 29.3 Å². The van der Waals surface area contributed by atoms with Crippen LogP contribution in [0.2, 0.25) is 0 Å². The van der Waals surface area contributed by atoms with Gasteiger partial charge in [0.2, 0.25) is 0 Å². The van der Waals surface area contributed by atoms with Crippen molar-refractivity contribution in [1.29, 1.82) is 0 Å². The van der Waals surface area contributed by atoms with E-state index in [0.29, 0.717) is 0 Å². The van der Waals surface area contributed by atoms with Crippen molar-refractivity contribution in [2.75, 3.05) is 6.54 Å². The zero-order valence-corrected chi connectivity index (χ0v) is 8.17. The molecule has 0 aliphatic heterocycles. The molecule has 0 spiro atoms. The Balaban J connectivity index is 3.08. The Hall–Kier alpha value is -1.43. The van der Waals surface area contributed by atoms with Gasteiger partial charge >= 0.3 is 7.47 Å². The molecule has 0 aromatic heterocycles. The van der Waals surface area contributed by atoms with E-state index in [1.54, 1.807) is 13.0 Å². The SMILES string of the molecule is Cc1ccc(OB(F)F)c(C(=O)CN)c1. The molecular weight excluding hydrogens is 203 g/mol. The summed E-state index contributed by atoms with van der Waals surface area (Å²) >= 11 is 0. The number of Topliss-reactive ketones (excluding diaryl/α,β-unsaturated/α-hetero) is 1. The lowest BCUT2D eigenvalue weighted by molar-refractivity contribution is 0.0999. The summed E-state index contributed by atoms with van der Waals surface area (Å²) < 4.78 is 28.2. The van der Waals surface area contributed by atoms with Crippen LogP contribution in [0.3, 0.4) is 0 Å². The molecule has 0 fully saturated rings. The van der Waals surface area contributed by atoms with E-state index in [9.17, 15) is 13.4 Å². The monoisotopic (exact) mass is 213 g/mol. The van der Waals surface area contributed by atoms with Crippen LogP contribution in [-0.2, 0) is 0 Å². The first kappa shape index (κ1) is 11.6. The quantitative estimate of drug-likeness (QED) is 0.608. The summed E-state index contributed by atoms with van der Waals surface area (Å²) in [6.45, 7) is 1.52. The molecule has 0 bridgehead atoms. The molecule has 0 aliphatic rings. The fraction of sp³-hybridized carbons (Fsp3) is 0.222. The molecule has 0 saturated carbocycles. The maximum Gasteiger partial charge on any atom is 0.796 e. The van der Waals surface area contributed by atoms with Crippen LogP contribution in [0.4, 0.5) is 8.63 Å². The van der Waals surface area contributed by atoms with Crippen LogP contribution in [0.15, 0.2) is 18.2 Å². The number of hydrogen-bond donors (Lipinski definition) is 1. The van der Waals surface area contributed by atoms with E-state index in [2.05, 4.69) is 4.65 Å². The number of halogens is 2. The first-order valence-corrected chi connectivity index (χ1v) is 4.33. The molecule has 0 saturated heterocycles. The highest BCUT2D eigenvalue weighted by molar-refractivity contribution is 6.35. The predicted molar refractivity (Wildman–Crippen MR) is 53.2 cm³/mol. The number of carbonyl (C=O) groups excluding carboxylic acids is 1. The lowest BCUT2D eigenvalue weighted by Gasteiger charge is -2.08. The molecule has 0 aliphatic carbocycles. The van der Waals surface area contributed by atoms with Gasteiger partial charge in [-0.25, -0.2) is 8.63 Å². The molecular formula is C9H10BF2NO2. The highest BCUT2D eigenvalue weighted by atomic mass is 19.2. The summed E-state index contributed by atoms with van der Waals surface area (Å²) in [7, 11) is -2.95. The number of ketones is 1. The van der Waals surface area contributed by atoms with Gasteiger partial charge in [0.15, 0.2) is 5.78 Å². The van der Waals surface area contributed by atoms with E-state index >= 15 is 0 Å². The predicted octanol–water partition coefficient (Wildman–Crippen LogP) is 1.44. The molecule has 1 rings (SSSR count). The van der Waals surface area contributed by atoms with Crippen molar-refractivity contribution in [2.24, 2.45) is 5.73 Å². The average Bonchev–Trinajstić information content (AvgIpc) is 2.19. The minimum atomic E-state index is -2.95. The van der Waals surface area contributed by atoms with Crippen LogP contribution in [0.25, 0.3) is 0 Å². The smallest absolute Gasteiger partial charge is 0.505 e. The van der Waals surface area contributed by atoms with E-state index in [1.807, 2.05) is 0 Å². The summed E-state index contributed by atoms with van der Waals surface area (Å²) in [5, 5.41) is 0. The minimum absolute atomic E-state index is 0.0952. The van der Waals surface area contributed by atoms with Crippen molar-refractivity contribution < 1.29 is 18.1 Å². The van der Waals surface area contributed by atoms with Gasteiger partial charge in [0.05, 0.1) is 12.1 Å². The zero-order valence-electron chi connectivity index (χ0n) is 8.17. The third-order valence-electron chi connectivity index (χ3n) is 1.84. The molecule has 0 heterocycles. The van der Waals surface area contributed by atoms with Crippen LogP contribution in [-0.4, -0.2) is 19.8 Å². The number of nitrogens with two attached hydrogens (primary N) is 1. The van der Waals surface area contributed by atoms with E-state index in [-0.39, 0.29) is 17.9 Å². The third kappa shape index (κ3) is 3.02. The Morgan fingerprint density at radius 3 is 2.73 bits per heavy atom. The molecule has 1 aromatic carbocycles. The molecule has 0 amide bonds. The van der Waals surface area contributed by atoms with Gasteiger partial charge in [-0.2, -0.15) is 0 Å². The largest absolute Gasteiger partial charge is 0.796 e. The van der Waals surface area contributed by atoms with Gasteiger partial charge in [-0.1, -0.05) is 11.6 Å². The van der Waals surface area contributed by atoms with Crippen molar-refractivity contribution in [1.82, 2.24) is 0 Å². The molecule has 80 valence electrons. The number of carbonyl (C=O) groups is 1. The highest BCUT2D eigenvalue weighted by Crippen LogP contribution is 2.21. The molecule has 6 heteroatoms. The first-order chi connectivity index (χ1) is 7.04. The molecule has 0 radical (unpaired) electrons. The van der Waals surface area contributed by atoms with Gasteiger partial charge in [-0.3, -0.25) is 4.79 Å². The Morgan fingerprint density at radius 1 is 1.53 bits per heavy atom. The first-order valence-electron chi connectivity index (χ1n) is 4.33. The van der Waals surface area contributed by atoms with Crippen LogP contribution in [0, 0.1) is 6.92 Å². The Bertz CT molecular complexity index is 371. The van der Waals surface area contributed by atoms with E-state index in [1.165, 1.54) is 12.1 Å². The van der Waals surface area contributed by atoms with Crippen LogP contribution in [0.1, 0.15) is 15.9 Å². The van der Waals surface area contributed by atoms with Gasteiger partial charge < -0.3 is 10.4 Å². The number of benzene rings is 1. The van der Waals surface area contributed by atoms with Crippen molar-refractivity contribution in [2.45, 2.75) is 6.92 Å². The van der Waals surface area contributed by atoms with Crippen LogP contribution in [0.5, 0.6) is 5.75 Å². The van der Waals surface area contributed by atoms with Crippen molar-refractivity contribution in [3.63, 3.8) is 0 Å². The molecule has 0 atom stereocenters. The number of hydrogen-bond acceptors (Lipinski definition) is 3. The topological polar surface area (TPSA) is 52.3 Å². The number of aryl methyl sites for hydroxylation is 1. The Labute approximate surface area is 86.4 Å². The minimum Gasteiger partial charge on any atom is -0.505 e. The summed E-state index contributed by atoms with van der Waals surface area (Å²) in [5.74, 6) is -0.555. The Morgan fingerprint density at radius 2 is 2.20 bits per heavy atom. The second kappa shape index (κ2) is 4.88. The van der Waals surface area contributed by atoms with Crippen LogP contribution >= 0.6 is 0 Å². The fourth-order valence-electron chi connectivity index (χ4n) is 1.17. The van der Waals surface area contributed by atoms with Gasteiger partial charge in [-0.15, -0.1) is 0 Å². The summed E-state index contributed by atoms with van der Waals surface area (Å²) in [5.41, 5.74) is 6.04. The van der Waals surface area contributed by atoms with E-state index < -0.39 is 13.3 Å². The highest BCUT2D eigenvalue weighted by Gasteiger charge is 2.21. The second-order valence-corrected chi connectivity index (χ2v) is 3.01. The van der Waals surface area contributed by atoms with E-state index in [0.717, 1.165) is 5.56 Å². The van der Waals surface area contributed by atoms with E-state index in [4.69, 9.17) is 5.73 Å². The van der Waals surface area contributed by atoms with Gasteiger partial charge in [0.25, 0.3) is 0 Å². The zero-order chi connectivity index (χ0) is 11.4. The third-order valence-corrected chi connectivity index (χ3v) is 1.84. The van der Waals surface area contributed by atoms with Gasteiger partial charge in [0, 0.05) is 0 Å². The summed E-state index contributed by atoms with van der Waals surface area (Å²) in [6, 6.07) is 4.41. The normalized spacial score (nSPS) is 9.87. The second-order valence-electron chi connectivity index (χ2n) is 3.01. The maximum absolute atomic E-state index is 12.0. The lowest BCUT2D eigenvalue weighted by atomic mass is 10.1. The number of rotatable bonds is 4. The van der Waals surface area contributed by atoms with Crippen molar-refractivity contribution >= 4 is 13.3 Å². The van der Waals surface area contributed by atoms with Crippen LogP contribution < -0.4 is 10.4 Å². The Kier molecular flexibility index (Phi) is 3.79.